The van der Waals surface area contributed by atoms with Crippen molar-refractivity contribution in [2.24, 2.45) is 0 Å². The maximum absolute atomic E-state index is 13.1. The Hall–Kier alpha value is -3.88. The van der Waals surface area contributed by atoms with Crippen LogP contribution in [0.5, 0.6) is 11.5 Å². The molecule has 0 radical (unpaired) electrons. The van der Waals surface area contributed by atoms with Gasteiger partial charge in [-0.1, -0.05) is 12.1 Å². The summed E-state index contributed by atoms with van der Waals surface area (Å²) >= 11 is 0. The molecule has 4 rings (SSSR count). The molecule has 0 fully saturated rings. The number of pyridine rings is 1. The third-order valence-electron chi connectivity index (χ3n) is 4.28. The first kappa shape index (κ1) is 19.4. The van der Waals surface area contributed by atoms with E-state index in [0.717, 1.165) is 6.07 Å². The van der Waals surface area contributed by atoms with E-state index >= 15 is 0 Å². The van der Waals surface area contributed by atoms with Gasteiger partial charge in [0.15, 0.2) is 5.82 Å². The van der Waals surface area contributed by atoms with Crippen LogP contribution in [0.3, 0.4) is 0 Å². The molecule has 0 spiro atoms. The summed E-state index contributed by atoms with van der Waals surface area (Å²) in [7, 11) is 0. The Morgan fingerprint density at radius 2 is 1.80 bits per heavy atom. The van der Waals surface area contributed by atoms with Gasteiger partial charge in [0.2, 0.25) is 5.95 Å². The molecule has 2 aromatic carbocycles. The van der Waals surface area contributed by atoms with E-state index in [9.17, 15) is 13.2 Å². The van der Waals surface area contributed by atoms with E-state index in [4.69, 9.17) is 4.74 Å². The summed E-state index contributed by atoms with van der Waals surface area (Å²) in [6.45, 7) is 1.42. The molecule has 2 aromatic heterocycles. The third-order valence-corrected chi connectivity index (χ3v) is 4.28. The molecule has 4 aromatic rings. The van der Waals surface area contributed by atoms with Gasteiger partial charge >= 0.3 is 6.18 Å². The number of aryl methyl sites for hydroxylation is 1. The molecule has 0 aliphatic heterocycles. The fourth-order valence-corrected chi connectivity index (χ4v) is 2.80. The monoisotopic (exact) mass is 411 g/mol. The molecule has 2 N–H and O–H groups in total. The lowest BCUT2D eigenvalue weighted by Gasteiger charge is -2.10. The number of nitrogens with one attached hydrogen (secondary N) is 2. The number of benzene rings is 2. The topological polar surface area (TPSA) is 75.7 Å². The number of H-pyrrole nitrogens is 1. The standard InChI is InChI=1S/C21H16F3N5O/c1-13-4-5-14(11-18(13)21(22,23)24)19-27-20(29-28-19)26-15-6-8-16(9-7-15)30-17-3-2-10-25-12-17/h2-12H,1H3,(H2,26,27,28,29). The van der Waals surface area contributed by atoms with Crippen molar-refractivity contribution in [2.75, 3.05) is 5.32 Å². The number of anilines is 2. The summed E-state index contributed by atoms with van der Waals surface area (Å²) in [6.07, 6.45) is -1.16. The smallest absolute Gasteiger partial charge is 0.416 e. The molecule has 0 saturated heterocycles. The summed E-state index contributed by atoms with van der Waals surface area (Å²) < 4.78 is 45.1. The summed E-state index contributed by atoms with van der Waals surface area (Å²) in [5, 5.41) is 9.68. The highest BCUT2D eigenvalue weighted by atomic mass is 19.4. The Labute approximate surface area is 169 Å². The molecule has 0 unspecified atom stereocenters. The van der Waals surface area contributed by atoms with E-state index < -0.39 is 11.7 Å². The number of aromatic nitrogens is 4. The number of hydrogen-bond donors (Lipinski definition) is 2. The zero-order valence-electron chi connectivity index (χ0n) is 15.7. The number of nitrogens with zero attached hydrogens (tertiary/aromatic N) is 3. The minimum Gasteiger partial charge on any atom is -0.456 e. The molecule has 9 heteroatoms. The normalized spacial score (nSPS) is 11.3. The lowest BCUT2D eigenvalue weighted by atomic mass is 10.0. The molecule has 30 heavy (non-hydrogen) atoms. The van der Waals surface area contributed by atoms with Crippen LogP contribution in [0.15, 0.2) is 67.0 Å². The molecular weight excluding hydrogens is 395 g/mol. The number of ether oxygens (including phenoxy) is 1. The largest absolute Gasteiger partial charge is 0.456 e. The number of aromatic amines is 1. The van der Waals surface area contributed by atoms with Crippen LogP contribution >= 0.6 is 0 Å². The highest BCUT2D eigenvalue weighted by molar-refractivity contribution is 5.61. The molecule has 0 aliphatic carbocycles. The highest BCUT2D eigenvalue weighted by Gasteiger charge is 2.32. The average Bonchev–Trinajstić information content (AvgIpc) is 3.18. The van der Waals surface area contributed by atoms with Crippen molar-refractivity contribution in [1.82, 2.24) is 20.2 Å². The highest BCUT2D eigenvalue weighted by Crippen LogP contribution is 2.34. The van der Waals surface area contributed by atoms with E-state index in [1.807, 2.05) is 0 Å². The lowest BCUT2D eigenvalue weighted by molar-refractivity contribution is -0.138. The maximum Gasteiger partial charge on any atom is 0.416 e. The van der Waals surface area contributed by atoms with Gasteiger partial charge in [-0.25, -0.2) is 0 Å². The van der Waals surface area contributed by atoms with Gasteiger partial charge in [-0.15, -0.1) is 5.10 Å². The number of rotatable bonds is 5. The van der Waals surface area contributed by atoms with Gasteiger partial charge < -0.3 is 10.1 Å². The summed E-state index contributed by atoms with van der Waals surface area (Å²) in [5.41, 5.74) is 0.445. The molecular formula is C21H16F3N5O. The van der Waals surface area contributed by atoms with Crippen molar-refractivity contribution in [3.63, 3.8) is 0 Å². The molecule has 2 heterocycles. The average molecular weight is 411 g/mol. The number of halogens is 3. The fraction of sp³-hybridized carbons (Fsp3) is 0.0952. The van der Waals surface area contributed by atoms with Gasteiger partial charge in [-0.05, 0) is 55.0 Å². The molecule has 0 atom stereocenters. The zero-order chi connectivity index (χ0) is 21.1. The minimum atomic E-state index is -4.43. The van der Waals surface area contributed by atoms with E-state index in [1.54, 1.807) is 54.9 Å². The summed E-state index contributed by atoms with van der Waals surface area (Å²) in [5.74, 6) is 1.72. The number of hydrogen-bond acceptors (Lipinski definition) is 5. The van der Waals surface area contributed by atoms with Crippen LogP contribution in [-0.4, -0.2) is 20.2 Å². The molecule has 6 nitrogen and oxygen atoms in total. The Bertz CT molecular complexity index is 1140. The van der Waals surface area contributed by atoms with Crippen molar-refractivity contribution in [3.05, 3.63) is 78.1 Å². The van der Waals surface area contributed by atoms with Gasteiger partial charge in [-0.3, -0.25) is 10.1 Å². The van der Waals surface area contributed by atoms with E-state index in [1.165, 1.54) is 13.0 Å². The van der Waals surface area contributed by atoms with Crippen molar-refractivity contribution < 1.29 is 17.9 Å². The Morgan fingerprint density at radius 1 is 1.00 bits per heavy atom. The summed E-state index contributed by atoms with van der Waals surface area (Å²) in [6, 6.07) is 14.7. The van der Waals surface area contributed by atoms with Gasteiger partial charge in [0, 0.05) is 17.4 Å². The molecule has 0 aliphatic rings. The van der Waals surface area contributed by atoms with Gasteiger partial charge in [0.1, 0.15) is 11.5 Å². The molecule has 0 bridgehead atoms. The second-order valence-corrected chi connectivity index (χ2v) is 6.48. The van der Waals surface area contributed by atoms with Gasteiger partial charge in [0.25, 0.3) is 0 Å². The predicted molar refractivity (Wildman–Crippen MR) is 106 cm³/mol. The van der Waals surface area contributed by atoms with Crippen LogP contribution in [-0.2, 0) is 6.18 Å². The molecule has 0 saturated carbocycles. The Balaban J connectivity index is 1.47. The van der Waals surface area contributed by atoms with Crippen molar-refractivity contribution in [3.8, 4) is 22.9 Å². The molecule has 0 amide bonds. The van der Waals surface area contributed by atoms with Crippen LogP contribution in [0.1, 0.15) is 11.1 Å². The van der Waals surface area contributed by atoms with Crippen LogP contribution < -0.4 is 10.1 Å². The zero-order valence-corrected chi connectivity index (χ0v) is 15.7. The summed E-state index contributed by atoms with van der Waals surface area (Å²) in [4.78, 5) is 8.22. The minimum absolute atomic E-state index is 0.151. The van der Waals surface area contributed by atoms with E-state index in [0.29, 0.717) is 22.7 Å². The Kier molecular flexibility index (Phi) is 5.09. The quantitative estimate of drug-likeness (QED) is 0.439. The third kappa shape index (κ3) is 4.40. The van der Waals surface area contributed by atoms with Crippen molar-refractivity contribution >= 4 is 11.6 Å². The second kappa shape index (κ2) is 7.86. The van der Waals surface area contributed by atoms with Crippen molar-refractivity contribution in [2.45, 2.75) is 13.1 Å². The van der Waals surface area contributed by atoms with Crippen LogP contribution in [0.2, 0.25) is 0 Å². The first-order chi connectivity index (χ1) is 14.4. The predicted octanol–water partition coefficient (Wildman–Crippen LogP) is 5.73. The SMILES string of the molecule is Cc1ccc(-c2nc(Nc3ccc(Oc4cccnc4)cc3)n[nH]2)cc1C(F)(F)F. The fourth-order valence-electron chi connectivity index (χ4n) is 2.80. The van der Waals surface area contributed by atoms with Crippen molar-refractivity contribution in [1.29, 1.82) is 0 Å². The Morgan fingerprint density at radius 3 is 2.50 bits per heavy atom. The van der Waals surface area contributed by atoms with E-state index in [2.05, 4.69) is 25.5 Å². The lowest BCUT2D eigenvalue weighted by Crippen LogP contribution is -2.07. The number of alkyl halides is 3. The second-order valence-electron chi connectivity index (χ2n) is 6.48. The van der Waals surface area contributed by atoms with Crippen LogP contribution in [0.4, 0.5) is 24.8 Å². The first-order valence-electron chi connectivity index (χ1n) is 8.94. The molecule has 152 valence electrons. The van der Waals surface area contributed by atoms with Gasteiger partial charge in [-0.2, -0.15) is 18.2 Å². The first-order valence-corrected chi connectivity index (χ1v) is 8.94. The van der Waals surface area contributed by atoms with Crippen LogP contribution in [0, 0.1) is 6.92 Å². The van der Waals surface area contributed by atoms with Gasteiger partial charge in [0.05, 0.1) is 11.8 Å². The van der Waals surface area contributed by atoms with Crippen LogP contribution in [0.25, 0.3) is 11.4 Å². The van der Waals surface area contributed by atoms with E-state index in [-0.39, 0.29) is 17.3 Å². The maximum atomic E-state index is 13.1.